The smallest absolute Gasteiger partial charge is 0.253 e. The van der Waals surface area contributed by atoms with E-state index in [1.54, 1.807) is 6.20 Å². The molecule has 0 saturated heterocycles. The summed E-state index contributed by atoms with van der Waals surface area (Å²) in [5, 5.41) is 0.990. The number of nitrogens with two attached hydrogens (primary N) is 1. The van der Waals surface area contributed by atoms with E-state index in [-0.39, 0.29) is 18.0 Å². The zero-order chi connectivity index (χ0) is 14.8. The van der Waals surface area contributed by atoms with Crippen molar-refractivity contribution < 1.29 is 4.79 Å². The van der Waals surface area contributed by atoms with Gasteiger partial charge in [-0.05, 0) is 37.1 Å². The molecule has 1 saturated carbocycles. The lowest BCUT2D eigenvalue weighted by molar-refractivity contribution is 0.0672. The third-order valence-corrected chi connectivity index (χ3v) is 4.45. The Kier molecular flexibility index (Phi) is 3.88. The van der Waals surface area contributed by atoms with E-state index >= 15 is 0 Å². The SMILES string of the molecule is CN(C(=O)c1ccc2ncccc2c1)C1CCCCC1N. The average Bonchev–Trinajstić information content (AvgIpc) is 2.53. The van der Waals surface area contributed by atoms with Gasteiger partial charge in [-0.1, -0.05) is 18.9 Å². The van der Waals surface area contributed by atoms with Crippen LogP contribution in [0.5, 0.6) is 0 Å². The summed E-state index contributed by atoms with van der Waals surface area (Å²) in [5.74, 6) is 0.0445. The molecule has 2 N–H and O–H groups in total. The summed E-state index contributed by atoms with van der Waals surface area (Å²) in [6.45, 7) is 0. The Hall–Kier alpha value is -1.94. The van der Waals surface area contributed by atoms with Crippen molar-refractivity contribution in [2.24, 2.45) is 5.73 Å². The van der Waals surface area contributed by atoms with Crippen LogP contribution in [0.1, 0.15) is 36.0 Å². The van der Waals surface area contributed by atoms with Crippen LogP contribution in [-0.2, 0) is 0 Å². The van der Waals surface area contributed by atoms with Crippen LogP contribution >= 0.6 is 0 Å². The van der Waals surface area contributed by atoms with Crippen molar-refractivity contribution in [3.8, 4) is 0 Å². The van der Waals surface area contributed by atoms with Crippen molar-refractivity contribution in [2.75, 3.05) is 7.05 Å². The Morgan fingerprint density at radius 2 is 2.10 bits per heavy atom. The zero-order valence-corrected chi connectivity index (χ0v) is 12.3. The molecule has 2 aromatic rings. The first-order valence-corrected chi connectivity index (χ1v) is 7.54. The van der Waals surface area contributed by atoms with Crippen molar-refractivity contribution in [3.63, 3.8) is 0 Å². The molecule has 0 bridgehead atoms. The lowest BCUT2D eigenvalue weighted by Gasteiger charge is -2.36. The predicted molar refractivity (Wildman–Crippen MR) is 84.1 cm³/mol. The van der Waals surface area contributed by atoms with Crippen molar-refractivity contribution >= 4 is 16.8 Å². The first kappa shape index (κ1) is 14.0. The molecule has 4 heteroatoms. The number of fused-ring (bicyclic) bond motifs is 1. The highest BCUT2D eigenvalue weighted by molar-refractivity contribution is 5.98. The lowest BCUT2D eigenvalue weighted by atomic mass is 9.89. The van der Waals surface area contributed by atoms with Crippen LogP contribution in [0.4, 0.5) is 0 Å². The van der Waals surface area contributed by atoms with Gasteiger partial charge in [-0.3, -0.25) is 9.78 Å². The van der Waals surface area contributed by atoms with E-state index in [4.69, 9.17) is 5.73 Å². The maximum atomic E-state index is 12.7. The first-order chi connectivity index (χ1) is 10.2. The topological polar surface area (TPSA) is 59.2 Å². The van der Waals surface area contributed by atoms with E-state index in [1.807, 2.05) is 42.3 Å². The third-order valence-electron chi connectivity index (χ3n) is 4.45. The molecule has 110 valence electrons. The standard InChI is InChI=1S/C17H21N3O/c1-20(16-7-3-2-6-14(16)18)17(21)13-8-9-15-12(11-13)5-4-10-19-15/h4-5,8-11,14,16H,2-3,6-7,18H2,1H3. The van der Waals surface area contributed by atoms with E-state index in [0.717, 1.165) is 30.2 Å². The molecule has 1 aliphatic rings. The van der Waals surface area contributed by atoms with Crippen LogP contribution in [0.15, 0.2) is 36.5 Å². The largest absolute Gasteiger partial charge is 0.337 e. The number of carbonyl (C=O) groups is 1. The second kappa shape index (κ2) is 5.82. The highest BCUT2D eigenvalue weighted by Crippen LogP contribution is 2.23. The average molecular weight is 283 g/mol. The Bertz CT molecular complexity index is 655. The maximum absolute atomic E-state index is 12.7. The third kappa shape index (κ3) is 2.76. The molecule has 21 heavy (non-hydrogen) atoms. The normalized spacial score (nSPS) is 22.2. The van der Waals surface area contributed by atoms with Crippen LogP contribution in [0.25, 0.3) is 10.9 Å². The molecule has 1 aliphatic carbocycles. The fourth-order valence-electron chi connectivity index (χ4n) is 3.18. The summed E-state index contributed by atoms with van der Waals surface area (Å²) in [4.78, 5) is 18.8. The van der Waals surface area contributed by atoms with Gasteiger partial charge in [-0.15, -0.1) is 0 Å². The summed E-state index contributed by atoms with van der Waals surface area (Å²) in [5.41, 5.74) is 7.80. The van der Waals surface area contributed by atoms with Gasteiger partial charge in [0.1, 0.15) is 0 Å². The summed E-state index contributed by atoms with van der Waals surface area (Å²) in [6, 6.07) is 9.77. The van der Waals surface area contributed by atoms with E-state index in [9.17, 15) is 4.79 Å². The molecule has 1 amide bonds. The quantitative estimate of drug-likeness (QED) is 0.921. The predicted octanol–water partition coefficient (Wildman–Crippen LogP) is 2.58. The first-order valence-electron chi connectivity index (χ1n) is 7.54. The van der Waals surface area contributed by atoms with Gasteiger partial charge in [0.2, 0.25) is 0 Å². The van der Waals surface area contributed by atoms with E-state index in [2.05, 4.69) is 4.98 Å². The molecule has 0 aliphatic heterocycles. The van der Waals surface area contributed by atoms with Gasteiger partial charge in [0.15, 0.2) is 0 Å². The number of likely N-dealkylation sites (N-methyl/N-ethyl adjacent to an activating group) is 1. The second-order valence-corrected chi connectivity index (χ2v) is 5.84. The maximum Gasteiger partial charge on any atom is 0.253 e. The zero-order valence-electron chi connectivity index (χ0n) is 12.3. The van der Waals surface area contributed by atoms with Crippen LogP contribution in [0.2, 0.25) is 0 Å². The van der Waals surface area contributed by atoms with Gasteiger partial charge >= 0.3 is 0 Å². The van der Waals surface area contributed by atoms with E-state index in [1.165, 1.54) is 6.42 Å². The lowest BCUT2D eigenvalue weighted by Crippen LogP contribution is -2.50. The molecule has 1 aromatic heterocycles. The molecular weight excluding hydrogens is 262 g/mol. The summed E-state index contributed by atoms with van der Waals surface area (Å²) in [6.07, 6.45) is 6.08. The minimum absolute atomic E-state index is 0.0445. The molecule has 1 aromatic carbocycles. The van der Waals surface area contributed by atoms with Crippen LogP contribution in [-0.4, -0.2) is 34.9 Å². The molecule has 2 atom stereocenters. The number of pyridine rings is 1. The van der Waals surface area contributed by atoms with Crippen molar-refractivity contribution in [1.29, 1.82) is 0 Å². The number of hydrogen-bond donors (Lipinski definition) is 1. The van der Waals surface area contributed by atoms with Gasteiger partial charge in [0.25, 0.3) is 5.91 Å². The highest BCUT2D eigenvalue weighted by Gasteiger charge is 2.28. The number of amides is 1. The van der Waals surface area contributed by atoms with Crippen LogP contribution < -0.4 is 5.73 Å². The number of rotatable bonds is 2. The molecule has 0 spiro atoms. The van der Waals surface area contributed by atoms with Crippen LogP contribution in [0, 0.1) is 0 Å². The Balaban J connectivity index is 1.85. The molecule has 2 unspecified atom stereocenters. The van der Waals surface area contributed by atoms with Gasteiger partial charge in [0.05, 0.1) is 5.52 Å². The summed E-state index contributed by atoms with van der Waals surface area (Å²) in [7, 11) is 1.87. The van der Waals surface area contributed by atoms with Gasteiger partial charge in [-0.2, -0.15) is 0 Å². The van der Waals surface area contributed by atoms with Gasteiger partial charge in [-0.25, -0.2) is 0 Å². The van der Waals surface area contributed by atoms with Crippen molar-refractivity contribution in [1.82, 2.24) is 9.88 Å². The molecule has 4 nitrogen and oxygen atoms in total. The van der Waals surface area contributed by atoms with E-state index in [0.29, 0.717) is 5.56 Å². The fraction of sp³-hybridized carbons (Fsp3) is 0.412. The Morgan fingerprint density at radius 1 is 1.29 bits per heavy atom. The molecule has 1 heterocycles. The number of nitrogens with zero attached hydrogens (tertiary/aromatic N) is 2. The number of benzene rings is 1. The fourth-order valence-corrected chi connectivity index (χ4v) is 3.18. The van der Waals surface area contributed by atoms with Crippen molar-refractivity contribution in [2.45, 2.75) is 37.8 Å². The minimum Gasteiger partial charge on any atom is -0.337 e. The molecule has 0 radical (unpaired) electrons. The Morgan fingerprint density at radius 3 is 2.90 bits per heavy atom. The molecule has 3 rings (SSSR count). The van der Waals surface area contributed by atoms with Crippen molar-refractivity contribution in [3.05, 3.63) is 42.1 Å². The molecule has 1 fully saturated rings. The number of carbonyl (C=O) groups excluding carboxylic acids is 1. The summed E-state index contributed by atoms with van der Waals surface area (Å²) >= 11 is 0. The monoisotopic (exact) mass is 283 g/mol. The highest BCUT2D eigenvalue weighted by atomic mass is 16.2. The van der Waals surface area contributed by atoms with E-state index < -0.39 is 0 Å². The second-order valence-electron chi connectivity index (χ2n) is 5.84. The van der Waals surface area contributed by atoms with Gasteiger partial charge in [0, 0.05) is 36.3 Å². The van der Waals surface area contributed by atoms with Crippen LogP contribution in [0.3, 0.4) is 0 Å². The molecular formula is C17H21N3O. The number of hydrogen-bond acceptors (Lipinski definition) is 3. The minimum atomic E-state index is 0.0445. The Labute approximate surface area is 125 Å². The number of aromatic nitrogens is 1. The van der Waals surface area contributed by atoms with Gasteiger partial charge < -0.3 is 10.6 Å². The summed E-state index contributed by atoms with van der Waals surface area (Å²) < 4.78 is 0.